The van der Waals surface area contributed by atoms with E-state index in [-0.39, 0.29) is 0 Å². The molecule has 2 rings (SSSR count). The van der Waals surface area contributed by atoms with Crippen LogP contribution in [0, 0.1) is 12.8 Å². The molecule has 0 amide bonds. The van der Waals surface area contributed by atoms with Crippen molar-refractivity contribution in [1.82, 2.24) is 5.32 Å². The van der Waals surface area contributed by atoms with Gasteiger partial charge in [0, 0.05) is 12.5 Å². The molecule has 0 saturated heterocycles. The number of nitrogens with one attached hydrogen (secondary N) is 1. The van der Waals surface area contributed by atoms with Crippen LogP contribution >= 0.6 is 0 Å². The lowest BCUT2D eigenvalue weighted by Gasteiger charge is -2.19. The lowest BCUT2D eigenvalue weighted by atomic mass is 9.92. The number of hydrogen-bond donors (Lipinski definition) is 1. The molecule has 0 saturated carbocycles. The maximum Gasteiger partial charge on any atom is 0.104 e. The Morgan fingerprint density at radius 1 is 1.05 bits per heavy atom. The molecule has 0 aliphatic heterocycles. The monoisotopic (exact) mass is 271 g/mol. The van der Waals surface area contributed by atoms with Crippen LogP contribution < -0.4 is 5.32 Å². The SMILES string of the molecule is Cc1ccccc1CC(CNC(C)C)Cc1ccco1. The number of furan rings is 1. The molecule has 1 unspecified atom stereocenters. The third-order valence-corrected chi connectivity index (χ3v) is 3.65. The second kappa shape index (κ2) is 7.30. The molecule has 20 heavy (non-hydrogen) atoms. The van der Waals surface area contributed by atoms with Crippen molar-refractivity contribution in [3.8, 4) is 0 Å². The molecule has 108 valence electrons. The predicted octanol–water partition coefficient (Wildman–Crippen LogP) is 3.99. The van der Waals surface area contributed by atoms with Crippen molar-refractivity contribution < 1.29 is 4.42 Å². The van der Waals surface area contributed by atoms with Crippen LogP contribution in [0.2, 0.25) is 0 Å². The second-order valence-electron chi connectivity index (χ2n) is 5.84. The molecule has 1 aromatic heterocycles. The number of aryl methyl sites for hydroxylation is 1. The van der Waals surface area contributed by atoms with Crippen LogP contribution in [0.1, 0.15) is 30.7 Å². The minimum atomic E-state index is 0.519. The summed E-state index contributed by atoms with van der Waals surface area (Å²) in [5, 5.41) is 3.56. The van der Waals surface area contributed by atoms with Gasteiger partial charge in [-0.05, 0) is 49.1 Å². The van der Waals surface area contributed by atoms with E-state index in [0.29, 0.717) is 12.0 Å². The van der Waals surface area contributed by atoms with Gasteiger partial charge < -0.3 is 9.73 Å². The molecule has 1 heterocycles. The third kappa shape index (κ3) is 4.53. The van der Waals surface area contributed by atoms with E-state index in [9.17, 15) is 0 Å². The Balaban J connectivity index is 2.03. The van der Waals surface area contributed by atoms with Gasteiger partial charge in [0.25, 0.3) is 0 Å². The largest absolute Gasteiger partial charge is 0.469 e. The predicted molar refractivity (Wildman–Crippen MR) is 83.9 cm³/mol. The van der Waals surface area contributed by atoms with Gasteiger partial charge in [-0.25, -0.2) is 0 Å². The summed E-state index contributed by atoms with van der Waals surface area (Å²) >= 11 is 0. The van der Waals surface area contributed by atoms with Gasteiger partial charge in [0.2, 0.25) is 0 Å². The van der Waals surface area contributed by atoms with Gasteiger partial charge >= 0.3 is 0 Å². The van der Waals surface area contributed by atoms with Gasteiger partial charge in [0.1, 0.15) is 5.76 Å². The van der Waals surface area contributed by atoms with Crippen LogP contribution in [0.3, 0.4) is 0 Å². The van der Waals surface area contributed by atoms with Crippen LogP contribution in [-0.4, -0.2) is 12.6 Å². The molecule has 0 fully saturated rings. The minimum absolute atomic E-state index is 0.519. The summed E-state index contributed by atoms with van der Waals surface area (Å²) in [4.78, 5) is 0. The van der Waals surface area contributed by atoms with E-state index < -0.39 is 0 Å². The third-order valence-electron chi connectivity index (χ3n) is 3.65. The Bertz CT molecular complexity index is 502. The van der Waals surface area contributed by atoms with Crippen molar-refractivity contribution in [3.63, 3.8) is 0 Å². The molecule has 2 aromatic rings. The van der Waals surface area contributed by atoms with E-state index in [4.69, 9.17) is 4.42 Å². The van der Waals surface area contributed by atoms with E-state index in [1.807, 2.05) is 6.07 Å². The average Bonchev–Trinajstić information content (AvgIpc) is 2.91. The van der Waals surface area contributed by atoms with Gasteiger partial charge in [-0.3, -0.25) is 0 Å². The molecule has 0 aliphatic carbocycles. The molecule has 2 nitrogen and oxygen atoms in total. The highest BCUT2D eigenvalue weighted by molar-refractivity contribution is 5.26. The zero-order chi connectivity index (χ0) is 14.4. The topological polar surface area (TPSA) is 25.2 Å². The normalized spacial score (nSPS) is 12.8. The fourth-order valence-corrected chi connectivity index (χ4v) is 2.48. The first kappa shape index (κ1) is 14.9. The molecule has 0 aliphatic rings. The van der Waals surface area contributed by atoms with E-state index in [0.717, 1.165) is 25.1 Å². The van der Waals surface area contributed by atoms with Crippen molar-refractivity contribution in [2.75, 3.05) is 6.54 Å². The summed E-state index contributed by atoms with van der Waals surface area (Å²) in [6.07, 6.45) is 3.84. The van der Waals surface area contributed by atoms with E-state index in [1.54, 1.807) is 6.26 Å². The summed E-state index contributed by atoms with van der Waals surface area (Å²) in [6, 6.07) is 13.2. The summed E-state index contributed by atoms with van der Waals surface area (Å²) in [5.74, 6) is 1.64. The Labute approximate surface area is 122 Å². The summed E-state index contributed by atoms with van der Waals surface area (Å²) in [5.41, 5.74) is 2.82. The summed E-state index contributed by atoms with van der Waals surface area (Å²) in [7, 11) is 0. The lowest BCUT2D eigenvalue weighted by Crippen LogP contribution is -2.31. The Kier molecular flexibility index (Phi) is 5.42. The maximum atomic E-state index is 5.51. The lowest BCUT2D eigenvalue weighted by molar-refractivity contribution is 0.402. The fraction of sp³-hybridized carbons (Fsp3) is 0.444. The number of benzene rings is 1. The highest BCUT2D eigenvalue weighted by Gasteiger charge is 2.14. The van der Waals surface area contributed by atoms with Crippen molar-refractivity contribution in [1.29, 1.82) is 0 Å². The zero-order valence-electron chi connectivity index (χ0n) is 12.7. The Hall–Kier alpha value is -1.54. The highest BCUT2D eigenvalue weighted by Crippen LogP contribution is 2.17. The average molecular weight is 271 g/mol. The molecular formula is C18H25NO. The first-order valence-electron chi connectivity index (χ1n) is 7.45. The fourth-order valence-electron chi connectivity index (χ4n) is 2.48. The quantitative estimate of drug-likeness (QED) is 0.823. The van der Waals surface area contributed by atoms with Gasteiger partial charge in [-0.15, -0.1) is 0 Å². The summed E-state index contributed by atoms with van der Waals surface area (Å²) in [6.45, 7) is 7.59. The van der Waals surface area contributed by atoms with Gasteiger partial charge in [-0.2, -0.15) is 0 Å². The number of rotatable bonds is 7. The molecule has 0 spiro atoms. The standard InChI is InChI=1S/C18H25NO/c1-14(2)19-13-16(12-18-9-6-10-20-18)11-17-8-5-4-7-15(17)3/h4-10,14,16,19H,11-13H2,1-3H3. The molecule has 0 bridgehead atoms. The maximum absolute atomic E-state index is 5.51. The van der Waals surface area contributed by atoms with Gasteiger partial charge in [0.15, 0.2) is 0 Å². The Morgan fingerprint density at radius 3 is 2.50 bits per heavy atom. The number of hydrogen-bond acceptors (Lipinski definition) is 2. The highest BCUT2D eigenvalue weighted by atomic mass is 16.3. The Morgan fingerprint density at radius 2 is 1.85 bits per heavy atom. The van der Waals surface area contributed by atoms with Crippen LogP contribution in [0.5, 0.6) is 0 Å². The second-order valence-corrected chi connectivity index (χ2v) is 5.84. The van der Waals surface area contributed by atoms with E-state index in [2.05, 4.69) is 56.4 Å². The first-order chi connectivity index (χ1) is 9.65. The molecule has 1 aromatic carbocycles. The van der Waals surface area contributed by atoms with Gasteiger partial charge in [-0.1, -0.05) is 38.1 Å². The van der Waals surface area contributed by atoms with Crippen molar-refractivity contribution in [2.45, 2.75) is 39.7 Å². The molecule has 1 N–H and O–H groups in total. The van der Waals surface area contributed by atoms with Crippen LogP contribution in [0.15, 0.2) is 47.1 Å². The van der Waals surface area contributed by atoms with Crippen LogP contribution in [0.25, 0.3) is 0 Å². The molecule has 1 atom stereocenters. The van der Waals surface area contributed by atoms with E-state index in [1.165, 1.54) is 11.1 Å². The zero-order valence-corrected chi connectivity index (χ0v) is 12.7. The van der Waals surface area contributed by atoms with Crippen molar-refractivity contribution in [3.05, 3.63) is 59.5 Å². The van der Waals surface area contributed by atoms with Gasteiger partial charge in [0.05, 0.1) is 6.26 Å². The minimum Gasteiger partial charge on any atom is -0.469 e. The summed E-state index contributed by atoms with van der Waals surface area (Å²) < 4.78 is 5.51. The van der Waals surface area contributed by atoms with Crippen molar-refractivity contribution in [2.24, 2.45) is 5.92 Å². The molecular weight excluding hydrogens is 246 g/mol. The smallest absolute Gasteiger partial charge is 0.104 e. The first-order valence-corrected chi connectivity index (χ1v) is 7.45. The van der Waals surface area contributed by atoms with E-state index >= 15 is 0 Å². The van der Waals surface area contributed by atoms with Crippen molar-refractivity contribution >= 4 is 0 Å². The molecule has 2 heteroatoms. The molecule has 0 radical (unpaired) electrons. The van der Waals surface area contributed by atoms with Crippen LogP contribution in [-0.2, 0) is 12.8 Å². The van der Waals surface area contributed by atoms with Crippen LogP contribution in [0.4, 0.5) is 0 Å².